The Balaban J connectivity index is 1.62. The number of nitrogens with zero attached hydrogens (tertiary/aromatic N) is 3. The van der Waals surface area contributed by atoms with Crippen molar-refractivity contribution >= 4 is 17.3 Å². The number of rotatable bonds is 6. The predicted octanol–water partition coefficient (Wildman–Crippen LogP) is 4.04. The van der Waals surface area contributed by atoms with Gasteiger partial charge in [0.05, 0.1) is 23.6 Å². The second-order valence-corrected chi connectivity index (χ2v) is 7.55. The Morgan fingerprint density at radius 2 is 2.00 bits per heavy atom. The lowest BCUT2D eigenvalue weighted by Gasteiger charge is -2.27. The van der Waals surface area contributed by atoms with Gasteiger partial charge in [0.15, 0.2) is 5.82 Å². The van der Waals surface area contributed by atoms with Crippen molar-refractivity contribution in [2.45, 2.75) is 50.8 Å². The fourth-order valence-corrected chi connectivity index (χ4v) is 3.71. The maximum absolute atomic E-state index is 12.6. The monoisotopic (exact) mass is 430 g/mol. The number of aliphatic hydroxyl groups is 1. The van der Waals surface area contributed by atoms with Gasteiger partial charge in [-0.3, -0.25) is 4.79 Å². The second-order valence-electron chi connectivity index (χ2n) is 7.17. The summed E-state index contributed by atoms with van der Waals surface area (Å²) >= 11 is 6.12. The van der Waals surface area contributed by atoms with Gasteiger partial charge in [0.2, 0.25) is 0 Å². The molecule has 2 heterocycles. The summed E-state index contributed by atoms with van der Waals surface area (Å²) in [6, 6.07) is 1.90. The molecule has 2 atom stereocenters. The average molecular weight is 431 g/mol. The minimum atomic E-state index is -4.51. The molecule has 0 radical (unpaired) electrons. The molecule has 2 aromatic heterocycles. The SMILES string of the molecule is O=c1c(Cl)c(NCCCC2CCCCC2O)cnn1-c1ccc(C(F)(F)F)cn1. The summed E-state index contributed by atoms with van der Waals surface area (Å²) in [6.07, 6.45) is 3.01. The fraction of sp³-hybridized carbons (Fsp3) is 0.526. The van der Waals surface area contributed by atoms with Crippen LogP contribution in [-0.2, 0) is 6.18 Å². The lowest BCUT2D eigenvalue weighted by atomic mass is 9.83. The van der Waals surface area contributed by atoms with Gasteiger partial charge in [-0.1, -0.05) is 24.4 Å². The van der Waals surface area contributed by atoms with E-state index in [0.29, 0.717) is 24.3 Å². The van der Waals surface area contributed by atoms with Crippen LogP contribution in [0.25, 0.3) is 5.82 Å². The van der Waals surface area contributed by atoms with Crippen LogP contribution in [0.3, 0.4) is 0 Å². The summed E-state index contributed by atoms with van der Waals surface area (Å²) < 4.78 is 38.8. The summed E-state index contributed by atoms with van der Waals surface area (Å²) in [5.41, 5.74) is -1.24. The van der Waals surface area contributed by atoms with Gasteiger partial charge in [0.25, 0.3) is 5.56 Å². The number of alkyl halides is 3. The molecule has 1 aliphatic carbocycles. The van der Waals surface area contributed by atoms with Crippen LogP contribution in [0.2, 0.25) is 5.02 Å². The minimum Gasteiger partial charge on any atom is -0.393 e. The number of hydrogen-bond donors (Lipinski definition) is 2. The largest absolute Gasteiger partial charge is 0.417 e. The van der Waals surface area contributed by atoms with E-state index in [1.165, 1.54) is 6.20 Å². The van der Waals surface area contributed by atoms with Crippen LogP contribution in [0, 0.1) is 5.92 Å². The summed E-state index contributed by atoms with van der Waals surface area (Å²) in [5, 5.41) is 16.9. The van der Waals surface area contributed by atoms with Crippen molar-refractivity contribution in [2.24, 2.45) is 5.92 Å². The molecule has 2 N–H and O–H groups in total. The Kier molecular flexibility index (Phi) is 6.79. The number of halogens is 4. The summed E-state index contributed by atoms with van der Waals surface area (Å²) in [5.74, 6) is 0.251. The van der Waals surface area contributed by atoms with Crippen molar-refractivity contribution in [3.05, 3.63) is 45.5 Å². The highest BCUT2D eigenvalue weighted by Crippen LogP contribution is 2.29. The molecule has 6 nitrogen and oxygen atoms in total. The molecule has 10 heteroatoms. The number of anilines is 1. The van der Waals surface area contributed by atoms with E-state index < -0.39 is 17.3 Å². The summed E-state index contributed by atoms with van der Waals surface area (Å²) in [4.78, 5) is 16.1. The minimum absolute atomic E-state index is 0.0530. The number of nitrogens with one attached hydrogen (secondary N) is 1. The molecule has 3 rings (SSSR count). The maximum Gasteiger partial charge on any atom is 0.417 e. The molecule has 2 aromatic rings. The first kappa shape index (κ1) is 21.6. The third-order valence-corrected chi connectivity index (χ3v) is 5.51. The summed E-state index contributed by atoms with van der Waals surface area (Å²) in [6.45, 7) is 0.562. The van der Waals surface area contributed by atoms with Crippen LogP contribution >= 0.6 is 11.6 Å². The Bertz CT molecular complexity index is 887. The van der Waals surface area contributed by atoms with E-state index >= 15 is 0 Å². The topological polar surface area (TPSA) is 80.0 Å². The molecule has 1 aliphatic rings. The first-order valence-corrected chi connectivity index (χ1v) is 9.88. The van der Waals surface area contributed by atoms with Crippen molar-refractivity contribution in [3.8, 4) is 5.82 Å². The van der Waals surface area contributed by atoms with Crippen LogP contribution in [0.4, 0.5) is 18.9 Å². The maximum atomic E-state index is 12.6. The predicted molar refractivity (Wildman–Crippen MR) is 103 cm³/mol. The number of aromatic nitrogens is 3. The summed E-state index contributed by atoms with van der Waals surface area (Å²) in [7, 11) is 0. The van der Waals surface area contributed by atoms with E-state index in [2.05, 4.69) is 15.4 Å². The van der Waals surface area contributed by atoms with Crippen LogP contribution in [-0.4, -0.2) is 32.5 Å². The van der Waals surface area contributed by atoms with E-state index in [1.54, 1.807) is 0 Å². The first-order valence-electron chi connectivity index (χ1n) is 9.51. The van der Waals surface area contributed by atoms with Crippen LogP contribution in [0.5, 0.6) is 0 Å². The molecular weight excluding hydrogens is 409 g/mol. The van der Waals surface area contributed by atoms with E-state index in [4.69, 9.17) is 11.6 Å². The van der Waals surface area contributed by atoms with Crippen LogP contribution in [0.1, 0.15) is 44.1 Å². The molecule has 0 aromatic carbocycles. The number of hydrogen-bond acceptors (Lipinski definition) is 5. The van der Waals surface area contributed by atoms with Crippen molar-refractivity contribution in [3.63, 3.8) is 0 Å². The van der Waals surface area contributed by atoms with E-state index in [9.17, 15) is 23.1 Å². The highest BCUT2D eigenvalue weighted by molar-refractivity contribution is 6.32. The van der Waals surface area contributed by atoms with E-state index in [-0.39, 0.29) is 16.9 Å². The van der Waals surface area contributed by atoms with Crippen molar-refractivity contribution in [1.82, 2.24) is 14.8 Å². The fourth-order valence-electron chi connectivity index (χ4n) is 3.51. The quantitative estimate of drug-likeness (QED) is 0.676. The van der Waals surface area contributed by atoms with Gasteiger partial charge in [0.1, 0.15) is 5.02 Å². The highest BCUT2D eigenvalue weighted by Gasteiger charge is 2.30. The molecule has 2 unspecified atom stereocenters. The molecule has 158 valence electrons. The first-order chi connectivity index (χ1) is 13.8. The number of pyridine rings is 1. The lowest BCUT2D eigenvalue weighted by molar-refractivity contribution is -0.137. The van der Waals surface area contributed by atoms with Gasteiger partial charge >= 0.3 is 6.18 Å². The zero-order valence-corrected chi connectivity index (χ0v) is 16.4. The van der Waals surface area contributed by atoms with Gasteiger partial charge in [-0.05, 0) is 43.7 Å². The second kappa shape index (κ2) is 9.13. The molecular formula is C19H22ClF3N4O2. The van der Waals surface area contributed by atoms with Crippen molar-refractivity contribution in [1.29, 1.82) is 0 Å². The molecule has 0 saturated heterocycles. The van der Waals surface area contributed by atoms with E-state index in [0.717, 1.165) is 55.3 Å². The third-order valence-electron chi connectivity index (χ3n) is 5.15. The highest BCUT2D eigenvalue weighted by atomic mass is 35.5. The van der Waals surface area contributed by atoms with Gasteiger partial charge in [-0.15, -0.1) is 0 Å². The third kappa shape index (κ3) is 5.27. The molecule has 0 bridgehead atoms. The lowest BCUT2D eigenvalue weighted by Crippen LogP contribution is -2.25. The molecule has 0 aliphatic heterocycles. The molecule has 29 heavy (non-hydrogen) atoms. The van der Waals surface area contributed by atoms with Crippen LogP contribution in [0.15, 0.2) is 29.3 Å². The normalized spacial score (nSPS) is 19.9. The van der Waals surface area contributed by atoms with Crippen LogP contribution < -0.4 is 10.9 Å². The molecule has 0 spiro atoms. The van der Waals surface area contributed by atoms with Gasteiger partial charge in [-0.25, -0.2) is 4.98 Å². The average Bonchev–Trinajstić information content (AvgIpc) is 2.69. The Morgan fingerprint density at radius 1 is 1.24 bits per heavy atom. The number of aliphatic hydroxyl groups excluding tert-OH is 1. The Hall–Kier alpha value is -2.13. The van der Waals surface area contributed by atoms with Crippen molar-refractivity contribution in [2.75, 3.05) is 11.9 Å². The van der Waals surface area contributed by atoms with Gasteiger partial charge in [0, 0.05) is 12.7 Å². The standard InChI is InChI=1S/C19H22ClF3N4O2/c20-17-14(24-9-3-5-12-4-1-2-6-15(12)28)11-26-27(18(17)29)16-8-7-13(10-25-16)19(21,22)23/h7-8,10-12,15,24,28H,1-6,9H2. The van der Waals surface area contributed by atoms with E-state index in [1.807, 2.05) is 0 Å². The van der Waals surface area contributed by atoms with Gasteiger partial charge < -0.3 is 10.4 Å². The smallest absolute Gasteiger partial charge is 0.393 e. The molecule has 0 amide bonds. The molecule has 1 fully saturated rings. The Labute approximate surface area is 170 Å². The zero-order valence-electron chi connectivity index (χ0n) is 15.6. The van der Waals surface area contributed by atoms with Gasteiger partial charge in [-0.2, -0.15) is 23.0 Å². The van der Waals surface area contributed by atoms with Crippen molar-refractivity contribution < 1.29 is 18.3 Å². The molecule has 1 saturated carbocycles. The Morgan fingerprint density at radius 3 is 2.66 bits per heavy atom. The zero-order chi connectivity index (χ0) is 21.0.